The summed E-state index contributed by atoms with van der Waals surface area (Å²) >= 11 is 0. The minimum absolute atomic E-state index is 0.0443. The van der Waals surface area contributed by atoms with Gasteiger partial charge in [0.05, 0.1) is 0 Å². The monoisotopic (exact) mass is 470 g/mol. The highest BCUT2D eigenvalue weighted by Gasteiger charge is 2.76. The normalized spacial score (nSPS) is 48.7. The van der Waals surface area contributed by atoms with Crippen LogP contribution in [0.15, 0.2) is 0 Å². The lowest BCUT2D eigenvalue weighted by Crippen LogP contribution is -2.75. The fourth-order valence-electron chi connectivity index (χ4n) is 9.42. The molecule has 0 aromatic heterocycles. The minimum Gasteiger partial charge on any atom is -0.462 e. The Hall–Kier alpha value is -1.05. The zero-order valence-electron chi connectivity index (χ0n) is 22.5. The molecule has 2 saturated heterocycles. The Bertz CT molecular complexity index is 874. The van der Waals surface area contributed by atoms with E-state index in [-0.39, 0.29) is 34.1 Å². The first kappa shape index (κ1) is 24.6. The summed E-state index contributed by atoms with van der Waals surface area (Å²) in [5, 5.41) is 0. The maximum Gasteiger partial charge on any atom is 0.302 e. The van der Waals surface area contributed by atoms with E-state index in [9.17, 15) is 4.79 Å². The van der Waals surface area contributed by atoms with Crippen molar-refractivity contribution in [2.75, 3.05) is 0 Å². The molecule has 4 saturated carbocycles. The summed E-state index contributed by atoms with van der Waals surface area (Å²) in [6.45, 7) is 15.7. The third-order valence-electron chi connectivity index (χ3n) is 11.7. The van der Waals surface area contributed by atoms with Crippen molar-refractivity contribution >= 4 is 5.97 Å². The predicted octanol–water partition coefficient (Wildman–Crippen LogP) is 6.72. The van der Waals surface area contributed by atoms with Crippen molar-refractivity contribution in [3.63, 3.8) is 0 Å². The van der Waals surface area contributed by atoms with Gasteiger partial charge in [-0.15, -0.1) is 0 Å². The van der Waals surface area contributed by atoms with Gasteiger partial charge in [0.2, 0.25) is 0 Å². The summed E-state index contributed by atoms with van der Waals surface area (Å²) in [6, 6.07) is 0. The summed E-state index contributed by atoms with van der Waals surface area (Å²) in [5.74, 6) is 10.3. The van der Waals surface area contributed by atoms with E-state index < -0.39 is 0 Å². The molecule has 4 nitrogen and oxygen atoms in total. The fraction of sp³-hybridized carbons (Fsp3) is 0.900. The van der Waals surface area contributed by atoms with Gasteiger partial charge in [-0.3, -0.25) is 4.79 Å². The lowest BCUT2D eigenvalue weighted by atomic mass is 9.40. The molecule has 34 heavy (non-hydrogen) atoms. The highest BCUT2D eigenvalue weighted by Crippen LogP contribution is 2.74. The lowest BCUT2D eigenvalue weighted by molar-refractivity contribution is -0.536. The molecule has 0 unspecified atom stereocenters. The zero-order valence-corrected chi connectivity index (χ0v) is 22.5. The zero-order chi connectivity index (χ0) is 24.5. The highest BCUT2D eigenvalue weighted by molar-refractivity contribution is 5.66. The van der Waals surface area contributed by atoms with Crippen molar-refractivity contribution < 1.29 is 19.3 Å². The van der Waals surface area contributed by atoms with Crippen LogP contribution in [0.2, 0.25) is 0 Å². The average Bonchev–Trinajstić information content (AvgIpc) is 3.14. The number of hydrogen-bond donors (Lipinski definition) is 0. The molecule has 0 aromatic carbocycles. The first-order chi connectivity index (χ1) is 16.0. The van der Waals surface area contributed by atoms with E-state index in [1.807, 2.05) is 0 Å². The molecule has 2 bridgehead atoms. The van der Waals surface area contributed by atoms with Gasteiger partial charge in [-0.25, -0.2) is 9.78 Å². The van der Waals surface area contributed by atoms with Gasteiger partial charge in [0, 0.05) is 30.6 Å². The maximum absolute atomic E-state index is 11.6. The Labute approximate surface area is 207 Å². The molecule has 6 rings (SSSR count). The number of hydrogen-bond acceptors (Lipinski definition) is 4. The molecule has 0 radical (unpaired) electrons. The van der Waals surface area contributed by atoms with E-state index in [1.165, 1.54) is 32.6 Å². The Morgan fingerprint density at radius 1 is 0.912 bits per heavy atom. The largest absolute Gasteiger partial charge is 0.462 e. The lowest BCUT2D eigenvalue weighted by Gasteiger charge is -2.72. The summed E-state index contributed by atoms with van der Waals surface area (Å²) in [7, 11) is 0. The molecule has 2 spiro atoms. The van der Waals surface area contributed by atoms with Crippen molar-refractivity contribution in [3.8, 4) is 11.8 Å². The van der Waals surface area contributed by atoms with E-state index in [1.54, 1.807) is 0 Å². The van der Waals surface area contributed by atoms with E-state index in [2.05, 4.69) is 53.4 Å². The Balaban J connectivity index is 1.40. The van der Waals surface area contributed by atoms with Crippen molar-refractivity contribution in [1.29, 1.82) is 0 Å². The number of esters is 1. The number of carbonyl (C=O) groups excluding carboxylic acids is 1. The third kappa shape index (κ3) is 3.36. The van der Waals surface area contributed by atoms with Gasteiger partial charge >= 0.3 is 5.97 Å². The molecule has 6 fully saturated rings. The van der Waals surface area contributed by atoms with Crippen LogP contribution < -0.4 is 0 Å². The van der Waals surface area contributed by atoms with Crippen LogP contribution in [0.25, 0.3) is 0 Å². The topological polar surface area (TPSA) is 44.8 Å². The first-order valence-electron chi connectivity index (χ1n) is 14.0. The fourth-order valence-corrected chi connectivity index (χ4v) is 9.42. The van der Waals surface area contributed by atoms with Crippen LogP contribution in [-0.4, -0.2) is 23.3 Å². The van der Waals surface area contributed by atoms with Gasteiger partial charge in [0.1, 0.15) is 17.3 Å². The minimum atomic E-state index is -0.310. The molecule has 0 aromatic rings. The van der Waals surface area contributed by atoms with E-state index in [4.69, 9.17) is 14.5 Å². The second kappa shape index (κ2) is 8.24. The predicted molar refractivity (Wildman–Crippen MR) is 132 cm³/mol. The van der Waals surface area contributed by atoms with Gasteiger partial charge in [-0.2, -0.15) is 0 Å². The molecule has 4 heteroatoms. The van der Waals surface area contributed by atoms with Crippen LogP contribution in [-0.2, 0) is 19.3 Å². The van der Waals surface area contributed by atoms with Crippen LogP contribution in [0.5, 0.6) is 0 Å². The number of carbonyl (C=O) groups is 1. The van der Waals surface area contributed by atoms with Gasteiger partial charge < -0.3 is 4.74 Å². The first-order valence-corrected chi connectivity index (χ1v) is 14.0. The smallest absolute Gasteiger partial charge is 0.302 e. The summed E-state index contributed by atoms with van der Waals surface area (Å²) in [4.78, 5) is 24.7. The molecule has 0 N–H and O–H groups in total. The van der Waals surface area contributed by atoms with Crippen molar-refractivity contribution in [2.24, 2.45) is 46.3 Å². The van der Waals surface area contributed by atoms with Gasteiger partial charge in [0.25, 0.3) is 0 Å². The third-order valence-corrected chi connectivity index (χ3v) is 11.7. The highest BCUT2D eigenvalue weighted by atomic mass is 17.2. The molecular formula is C30H46O4. The second-order valence-corrected chi connectivity index (χ2v) is 13.5. The molecule has 2 heterocycles. The second-order valence-electron chi connectivity index (χ2n) is 13.5. The Morgan fingerprint density at radius 3 is 2.32 bits per heavy atom. The summed E-state index contributed by atoms with van der Waals surface area (Å²) in [5.41, 5.74) is -0.116. The van der Waals surface area contributed by atoms with Crippen LogP contribution in [0.4, 0.5) is 0 Å². The molecule has 2 aliphatic heterocycles. The van der Waals surface area contributed by atoms with E-state index in [0.29, 0.717) is 35.5 Å². The van der Waals surface area contributed by atoms with Crippen LogP contribution >= 0.6 is 0 Å². The van der Waals surface area contributed by atoms with Gasteiger partial charge in [-0.1, -0.05) is 53.4 Å². The number of ether oxygens (including phenoxy) is 1. The molecule has 6 aliphatic rings. The van der Waals surface area contributed by atoms with Crippen molar-refractivity contribution in [2.45, 2.75) is 124 Å². The van der Waals surface area contributed by atoms with Crippen LogP contribution in [0.3, 0.4) is 0 Å². The van der Waals surface area contributed by atoms with Gasteiger partial charge in [0.15, 0.2) is 0 Å². The van der Waals surface area contributed by atoms with Crippen molar-refractivity contribution in [3.05, 3.63) is 0 Å². The number of fused-ring (bicyclic) bond motifs is 3. The molecule has 190 valence electrons. The van der Waals surface area contributed by atoms with Gasteiger partial charge in [-0.05, 0) is 80.5 Å². The maximum atomic E-state index is 11.6. The summed E-state index contributed by atoms with van der Waals surface area (Å²) in [6.07, 6.45) is 9.80. The van der Waals surface area contributed by atoms with Crippen molar-refractivity contribution in [1.82, 2.24) is 0 Å². The molecular weight excluding hydrogens is 424 g/mol. The Morgan fingerprint density at radius 2 is 1.68 bits per heavy atom. The van der Waals surface area contributed by atoms with Crippen LogP contribution in [0, 0.1) is 58.2 Å². The quantitative estimate of drug-likeness (QED) is 0.261. The molecule has 10 atom stereocenters. The summed E-state index contributed by atoms with van der Waals surface area (Å²) < 4.78 is 5.66. The average molecular weight is 471 g/mol. The van der Waals surface area contributed by atoms with E-state index in [0.717, 1.165) is 32.1 Å². The molecule has 4 aliphatic carbocycles. The van der Waals surface area contributed by atoms with Crippen LogP contribution in [0.1, 0.15) is 106 Å². The standard InChI is InChI=1S/C30H46O4/c1-19(2)20(3)8-9-21(4)24-10-11-25-27(24,6)14-13-26-28(7)15-12-23(32-22(5)31)18-29(28)16-17-30(25,26)34-33-29/h19-21,23-26H,10-18H2,1-7H3/t20-,21+,23+,24-,25+,26-,27+,28+,29+,30-/m0/s1. The SMILES string of the molecule is CC(=O)O[C@@H]1CC[C@]2(C)[C@@H]3CC[C@@]4(C)[C@@H](CC[C@H]4[C@H](C)C#C[C@H](C)C(C)C)[C@@]34CC[C@]2(C1)OO4. The molecule has 0 amide bonds. The Kier molecular flexibility index (Phi) is 5.97. The number of rotatable bonds is 3. The van der Waals surface area contributed by atoms with E-state index >= 15 is 0 Å².